The Labute approximate surface area is 122 Å². The molecule has 0 radical (unpaired) electrons. The molecule has 0 atom stereocenters. The van der Waals surface area contributed by atoms with Crippen molar-refractivity contribution in [1.29, 1.82) is 0 Å². The lowest BCUT2D eigenvalue weighted by Gasteiger charge is -2.11. The normalized spacial score (nSPS) is 15.2. The van der Waals surface area contributed by atoms with Crippen molar-refractivity contribution in [2.45, 2.75) is 6.92 Å². The molecule has 0 bridgehead atoms. The summed E-state index contributed by atoms with van der Waals surface area (Å²) in [6, 6.07) is 14.8. The second kappa shape index (κ2) is 5.25. The lowest BCUT2D eigenvalue weighted by atomic mass is 10.0. The van der Waals surface area contributed by atoms with Crippen LogP contribution in [0.5, 0.6) is 0 Å². The Morgan fingerprint density at radius 1 is 1.10 bits per heavy atom. The molecule has 0 spiro atoms. The first-order valence-electron chi connectivity index (χ1n) is 6.63. The highest BCUT2D eigenvalue weighted by Gasteiger charge is 2.26. The van der Waals surface area contributed by atoms with Crippen LogP contribution in [0, 0.1) is 0 Å². The number of hydrogen-bond acceptors (Lipinski definition) is 3. The van der Waals surface area contributed by atoms with Gasteiger partial charge in [-0.15, -0.1) is 0 Å². The Bertz CT molecular complexity index is 763. The average molecular weight is 278 g/mol. The summed E-state index contributed by atoms with van der Waals surface area (Å²) in [5.74, 6) is -0.0241. The molecule has 0 aromatic heterocycles. The number of para-hydroxylation sites is 2. The smallest absolute Gasteiger partial charge is 0.211 e. The monoisotopic (exact) mass is 278 g/mol. The molecule has 104 valence electrons. The molecule has 2 N–H and O–H groups in total. The highest BCUT2D eigenvalue weighted by Crippen LogP contribution is 2.34. The molecule has 0 unspecified atom stereocenters. The van der Waals surface area contributed by atoms with Gasteiger partial charge in [0.05, 0.1) is 5.70 Å². The third kappa shape index (κ3) is 2.21. The number of allylic oxidation sites excluding steroid dienone is 2. The Morgan fingerprint density at radius 2 is 1.81 bits per heavy atom. The lowest BCUT2D eigenvalue weighted by molar-refractivity contribution is -0.105. The fourth-order valence-corrected chi connectivity index (χ4v) is 2.51. The Hall–Kier alpha value is -2.88. The summed E-state index contributed by atoms with van der Waals surface area (Å²) in [5.41, 5.74) is 4.36. The maximum absolute atomic E-state index is 12.5. The predicted octanol–water partition coefficient (Wildman–Crippen LogP) is 3.29. The summed E-state index contributed by atoms with van der Waals surface area (Å²) < 4.78 is 0. The van der Waals surface area contributed by atoms with Crippen LogP contribution in [0.3, 0.4) is 0 Å². The molecule has 1 aliphatic heterocycles. The summed E-state index contributed by atoms with van der Waals surface area (Å²) in [6.45, 7) is 1.87. The van der Waals surface area contributed by atoms with Crippen LogP contribution in [0.25, 0.3) is 5.57 Å². The van der Waals surface area contributed by atoms with Crippen LogP contribution in [0.1, 0.15) is 22.8 Å². The minimum absolute atomic E-state index is 0.0241. The van der Waals surface area contributed by atoms with Gasteiger partial charge in [-0.05, 0) is 30.7 Å². The van der Waals surface area contributed by atoms with E-state index in [0.717, 1.165) is 16.8 Å². The van der Waals surface area contributed by atoms with E-state index in [1.54, 1.807) is 12.1 Å². The highest BCUT2D eigenvalue weighted by molar-refractivity contribution is 6.22. The number of rotatable bonds is 3. The van der Waals surface area contributed by atoms with Crippen molar-refractivity contribution in [2.24, 2.45) is 0 Å². The largest absolute Gasteiger partial charge is 0.351 e. The number of amides is 1. The third-order valence-corrected chi connectivity index (χ3v) is 3.58. The average Bonchev–Trinajstić information content (AvgIpc) is 2.85. The van der Waals surface area contributed by atoms with Gasteiger partial charge in [-0.2, -0.15) is 0 Å². The molecule has 3 rings (SSSR count). The summed E-state index contributed by atoms with van der Waals surface area (Å²) in [6.07, 6.45) is 0.634. The second-order valence-electron chi connectivity index (χ2n) is 4.81. The molecule has 2 aromatic rings. The summed E-state index contributed by atoms with van der Waals surface area (Å²) in [7, 11) is 0. The molecule has 1 aliphatic rings. The maximum atomic E-state index is 12.5. The van der Waals surface area contributed by atoms with Crippen molar-refractivity contribution in [3.8, 4) is 0 Å². The van der Waals surface area contributed by atoms with E-state index in [0.29, 0.717) is 23.4 Å². The fraction of sp³-hybridized carbons (Fsp3) is 0.0588. The number of anilines is 2. The molecule has 21 heavy (non-hydrogen) atoms. The molecule has 0 saturated carbocycles. The Kier molecular flexibility index (Phi) is 3.28. The van der Waals surface area contributed by atoms with E-state index in [1.807, 2.05) is 43.3 Å². The van der Waals surface area contributed by atoms with Gasteiger partial charge in [0, 0.05) is 22.5 Å². The first kappa shape index (κ1) is 13.1. The van der Waals surface area contributed by atoms with Crippen molar-refractivity contribution in [2.75, 3.05) is 10.6 Å². The summed E-state index contributed by atoms with van der Waals surface area (Å²) in [5, 5.41) is 5.83. The Balaban J connectivity index is 2.09. The third-order valence-electron chi connectivity index (χ3n) is 3.58. The maximum Gasteiger partial charge on any atom is 0.211 e. The number of ketones is 1. The van der Waals surface area contributed by atoms with Gasteiger partial charge in [0.1, 0.15) is 0 Å². The van der Waals surface area contributed by atoms with Crippen molar-refractivity contribution in [3.63, 3.8) is 0 Å². The molecular weight excluding hydrogens is 264 g/mol. The lowest BCUT2D eigenvalue weighted by Crippen LogP contribution is -2.05. The van der Waals surface area contributed by atoms with Crippen molar-refractivity contribution in [3.05, 3.63) is 65.4 Å². The zero-order chi connectivity index (χ0) is 14.8. The number of Topliss-reactive ketones (excluding diaryl/α,β-unsaturated/α-hetero) is 1. The minimum Gasteiger partial charge on any atom is -0.351 e. The van der Waals surface area contributed by atoms with Crippen molar-refractivity contribution < 1.29 is 9.59 Å². The first-order valence-corrected chi connectivity index (χ1v) is 6.63. The topological polar surface area (TPSA) is 58.2 Å². The number of carbonyl (C=O) groups excluding carboxylic acids is 2. The fourth-order valence-electron chi connectivity index (χ4n) is 2.51. The molecule has 1 heterocycles. The number of carbonyl (C=O) groups is 2. The Morgan fingerprint density at radius 3 is 2.57 bits per heavy atom. The van der Waals surface area contributed by atoms with Gasteiger partial charge in [-0.25, -0.2) is 0 Å². The highest BCUT2D eigenvalue weighted by atomic mass is 16.1. The minimum atomic E-state index is -0.0241. The van der Waals surface area contributed by atoms with E-state index >= 15 is 0 Å². The van der Waals surface area contributed by atoms with E-state index in [1.165, 1.54) is 0 Å². The van der Waals surface area contributed by atoms with E-state index < -0.39 is 0 Å². The quantitative estimate of drug-likeness (QED) is 0.669. The molecule has 4 nitrogen and oxygen atoms in total. The molecule has 4 heteroatoms. The van der Waals surface area contributed by atoms with Gasteiger partial charge in [0.15, 0.2) is 0 Å². The molecule has 1 amide bonds. The number of hydrogen-bond donors (Lipinski definition) is 2. The molecule has 2 aromatic carbocycles. The summed E-state index contributed by atoms with van der Waals surface area (Å²) in [4.78, 5) is 23.2. The molecule has 0 fully saturated rings. The van der Waals surface area contributed by atoms with E-state index in [9.17, 15) is 9.59 Å². The van der Waals surface area contributed by atoms with Gasteiger partial charge in [0.2, 0.25) is 12.2 Å². The SMILES string of the molecule is C/C(=C1\Nc2ccccc2C1=O)c1ccccc1NC=O. The number of fused-ring (bicyclic) bond motifs is 1. The molecule has 0 aliphatic carbocycles. The standard InChI is InChI=1S/C17H14N2O2/c1-11(12-6-2-4-8-14(12)18-10-20)16-17(21)13-7-3-5-9-15(13)19-16/h2-10,19H,1H3,(H,18,20)/b16-11+. The van der Waals surface area contributed by atoms with E-state index in [4.69, 9.17) is 0 Å². The zero-order valence-corrected chi connectivity index (χ0v) is 11.5. The molecule has 0 saturated heterocycles. The van der Waals surface area contributed by atoms with Crippen LogP contribution < -0.4 is 10.6 Å². The van der Waals surface area contributed by atoms with Gasteiger partial charge in [-0.3, -0.25) is 9.59 Å². The summed E-state index contributed by atoms with van der Waals surface area (Å²) >= 11 is 0. The predicted molar refractivity (Wildman–Crippen MR) is 83.1 cm³/mol. The molecular formula is C17H14N2O2. The number of benzene rings is 2. The van der Waals surface area contributed by atoms with Crippen LogP contribution in [0.2, 0.25) is 0 Å². The van der Waals surface area contributed by atoms with E-state index in [-0.39, 0.29) is 5.78 Å². The van der Waals surface area contributed by atoms with Crippen LogP contribution in [-0.2, 0) is 4.79 Å². The van der Waals surface area contributed by atoms with Gasteiger partial charge in [0.25, 0.3) is 0 Å². The van der Waals surface area contributed by atoms with Crippen molar-refractivity contribution >= 4 is 29.1 Å². The number of nitrogens with one attached hydrogen (secondary N) is 2. The van der Waals surface area contributed by atoms with Crippen LogP contribution >= 0.6 is 0 Å². The zero-order valence-electron chi connectivity index (χ0n) is 11.5. The first-order chi connectivity index (χ1) is 10.2. The van der Waals surface area contributed by atoms with Gasteiger partial charge >= 0.3 is 0 Å². The van der Waals surface area contributed by atoms with Crippen molar-refractivity contribution in [1.82, 2.24) is 0 Å². The van der Waals surface area contributed by atoms with Gasteiger partial charge < -0.3 is 10.6 Å². The second-order valence-corrected chi connectivity index (χ2v) is 4.81. The van der Waals surface area contributed by atoms with Crippen LogP contribution in [-0.4, -0.2) is 12.2 Å². The van der Waals surface area contributed by atoms with E-state index in [2.05, 4.69) is 10.6 Å². The van der Waals surface area contributed by atoms with Gasteiger partial charge in [-0.1, -0.05) is 30.3 Å². The van der Waals surface area contributed by atoms with Crippen LogP contribution in [0.4, 0.5) is 11.4 Å². The van der Waals surface area contributed by atoms with Crippen LogP contribution in [0.15, 0.2) is 54.2 Å².